The Morgan fingerprint density at radius 2 is 2.03 bits per heavy atom. The molecule has 2 bridgehead atoms. The van der Waals surface area contributed by atoms with Crippen molar-refractivity contribution in [2.24, 2.45) is 5.92 Å². The minimum Gasteiger partial charge on any atom is -0.337 e. The number of urea groups is 1. The first-order valence-corrected chi connectivity index (χ1v) is 10.7. The molecular weight excluding hydrogens is 362 g/mol. The van der Waals surface area contributed by atoms with Crippen molar-refractivity contribution in [3.63, 3.8) is 0 Å². The van der Waals surface area contributed by atoms with E-state index in [2.05, 4.69) is 38.7 Å². The molecule has 0 saturated carbocycles. The zero-order chi connectivity index (χ0) is 20.4. The molecule has 0 spiro atoms. The average Bonchev–Trinajstić information content (AvgIpc) is 2.72. The molecule has 4 atom stereocenters. The lowest BCUT2D eigenvalue weighted by Gasteiger charge is -2.49. The summed E-state index contributed by atoms with van der Waals surface area (Å²) in [5.41, 5.74) is 3.31. The monoisotopic (exact) mass is 393 g/mol. The molecular formula is C23H31N5O. The average molecular weight is 394 g/mol. The predicted molar refractivity (Wildman–Crippen MR) is 115 cm³/mol. The van der Waals surface area contributed by atoms with Gasteiger partial charge in [0.25, 0.3) is 0 Å². The van der Waals surface area contributed by atoms with Crippen molar-refractivity contribution in [1.29, 1.82) is 0 Å². The van der Waals surface area contributed by atoms with Gasteiger partial charge in [-0.1, -0.05) is 30.3 Å². The van der Waals surface area contributed by atoms with Crippen molar-refractivity contribution in [2.45, 2.75) is 51.6 Å². The van der Waals surface area contributed by atoms with Crippen LogP contribution in [0.2, 0.25) is 0 Å². The topological polar surface area (TPSA) is 70.2 Å². The van der Waals surface area contributed by atoms with Crippen LogP contribution in [0.3, 0.4) is 0 Å². The molecule has 0 aliphatic carbocycles. The third-order valence-electron chi connectivity index (χ3n) is 6.10. The van der Waals surface area contributed by atoms with Crippen molar-refractivity contribution in [2.75, 3.05) is 19.6 Å². The number of nitrogens with one attached hydrogen (secondary N) is 2. The van der Waals surface area contributed by atoms with Gasteiger partial charge in [-0.2, -0.15) is 0 Å². The van der Waals surface area contributed by atoms with E-state index < -0.39 is 0 Å². The number of fused-ring (bicyclic) bond motifs is 3. The quantitative estimate of drug-likeness (QED) is 0.817. The molecule has 1 aromatic carbocycles. The fourth-order valence-electron chi connectivity index (χ4n) is 4.75. The number of carbonyl (C=O) groups is 1. The lowest BCUT2D eigenvalue weighted by atomic mass is 9.74. The molecule has 3 fully saturated rings. The minimum absolute atomic E-state index is 0.0712. The van der Waals surface area contributed by atoms with Crippen LogP contribution in [0.4, 0.5) is 4.79 Å². The molecule has 5 rings (SSSR count). The Bertz CT molecular complexity index is 854. The van der Waals surface area contributed by atoms with Crippen LogP contribution in [-0.2, 0) is 0 Å². The van der Waals surface area contributed by atoms with Crippen LogP contribution >= 0.6 is 0 Å². The van der Waals surface area contributed by atoms with Gasteiger partial charge in [0.2, 0.25) is 0 Å². The van der Waals surface area contributed by atoms with Gasteiger partial charge in [-0.3, -0.25) is 4.90 Å². The molecule has 1 unspecified atom stereocenters. The number of amides is 2. The van der Waals surface area contributed by atoms with E-state index in [-0.39, 0.29) is 12.1 Å². The summed E-state index contributed by atoms with van der Waals surface area (Å²) >= 11 is 0. The van der Waals surface area contributed by atoms with Crippen molar-refractivity contribution < 1.29 is 4.79 Å². The van der Waals surface area contributed by atoms with E-state index in [1.807, 2.05) is 39.0 Å². The van der Waals surface area contributed by atoms with Crippen LogP contribution in [0.15, 0.2) is 36.4 Å². The molecule has 2 aromatic rings. The highest BCUT2D eigenvalue weighted by Crippen LogP contribution is 2.41. The van der Waals surface area contributed by atoms with Gasteiger partial charge in [0.05, 0.1) is 5.69 Å². The molecule has 2 amide bonds. The van der Waals surface area contributed by atoms with E-state index in [1.165, 1.54) is 6.42 Å². The highest BCUT2D eigenvalue weighted by atomic mass is 16.2. The van der Waals surface area contributed by atoms with Gasteiger partial charge in [0, 0.05) is 42.3 Å². The van der Waals surface area contributed by atoms with E-state index in [9.17, 15) is 4.79 Å². The van der Waals surface area contributed by atoms with E-state index in [0.717, 1.165) is 42.3 Å². The van der Waals surface area contributed by atoms with Crippen LogP contribution in [0.25, 0.3) is 11.3 Å². The Morgan fingerprint density at radius 1 is 1.24 bits per heavy atom. The third kappa shape index (κ3) is 4.58. The molecule has 1 aromatic heterocycles. The fourth-order valence-corrected chi connectivity index (χ4v) is 4.75. The van der Waals surface area contributed by atoms with E-state index in [1.54, 1.807) is 0 Å². The number of aryl methyl sites for hydroxylation is 1. The second-order valence-corrected chi connectivity index (χ2v) is 8.64. The maximum absolute atomic E-state index is 11.9. The lowest BCUT2D eigenvalue weighted by Crippen LogP contribution is -2.57. The molecule has 3 aliphatic heterocycles. The summed E-state index contributed by atoms with van der Waals surface area (Å²) in [5, 5.41) is 5.95. The van der Waals surface area contributed by atoms with Gasteiger partial charge < -0.3 is 10.6 Å². The number of hydrogen-bond acceptors (Lipinski definition) is 4. The summed E-state index contributed by atoms with van der Waals surface area (Å²) in [4.78, 5) is 24.0. The number of carbonyl (C=O) groups excluding carboxylic acids is 1. The van der Waals surface area contributed by atoms with Crippen LogP contribution < -0.4 is 10.6 Å². The van der Waals surface area contributed by atoms with Gasteiger partial charge >= 0.3 is 6.03 Å². The van der Waals surface area contributed by atoms with Gasteiger partial charge in [-0.05, 0) is 52.1 Å². The maximum Gasteiger partial charge on any atom is 0.315 e. The molecule has 3 aliphatic rings. The van der Waals surface area contributed by atoms with Gasteiger partial charge in [0.15, 0.2) is 0 Å². The zero-order valence-electron chi connectivity index (χ0n) is 17.6. The maximum atomic E-state index is 11.9. The second-order valence-electron chi connectivity index (χ2n) is 8.64. The van der Waals surface area contributed by atoms with Crippen LogP contribution in [0, 0.1) is 12.8 Å². The van der Waals surface area contributed by atoms with Crippen LogP contribution in [0.1, 0.15) is 44.1 Å². The molecule has 0 radical (unpaired) electrons. The fraction of sp³-hybridized carbons (Fsp3) is 0.522. The molecule has 6 heteroatoms. The number of piperidine rings is 3. The molecule has 6 nitrogen and oxygen atoms in total. The largest absolute Gasteiger partial charge is 0.337 e. The Labute approximate surface area is 173 Å². The first kappa shape index (κ1) is 19.8. The molecule has 4 heterocycles. The Hall–Kier alpha value is -2.47. The van der Waals surface area contributed by atoms with Gasteiger partial charge in [-0.25, -0.2) is 14.8 Å². The third-order valence-corrected chi connectivity index (χ3v) is 6.10. The Balaban J connectivity index is 1.46. The molecule has 2 N–H and O–H groups in total. The molecule has 29 heavy (non-hydrogen) atoms. The highest BCUT2D eigenvalue weighted by Gasteiger charge is 2.41. The summed E-state index contributed by atoms with van der Waals surface area (Å²) in [6.07, 6.45) is 2.30. The summed E-state index contributed by atoms with van der Waals surface area (Å²) in [7, 11) is 0. The SMILES string of the molecule is Cc1nc(-c2ccccc2)cc([C@@H]2CN3CC[C@H]2C[C@@H]3CNC(=O)NC(C)C)n1. The van der Waals surface area contributed by atoms with E-state index >= 15 is 0 Å². The molecule has 154 valence electrons. The molecule has 3 saturated heterocycles. The van der Waals surface area contributed by atoms with Crippen molar-refractivity contribution in [3.05, 3.63) is 47.9 Å². The summed E-state index contributed by atoms with van der Waals surface area (Å²) < 4.78 is 0. The zero-order valence-corrected chi connectivity index (χ0v) is 17.6. The first-order chi connectivity index (χ1) is 14.0. The smallest absolute Gasteiger partial charge is 0.315 e. The highest BCUT2D eigenvalue weighted by molar-refractivity contribution is 5.74. The first-order valence-electron chi connectivity index (χ1n) is 10.7. The van der Waals surface area contributed by atoms with Crippen molar-refractivity contribution in [3.8, 4) is 11.3 Å². The van der Waals surface area contributed by atoms with Crippen LogP contribution in [-0.4, -0.2) is 52.6 Å². The number of benzene rings is 1. The summed E-state index contributed by atoms with van der Waals surface area (Å²) in [6.45, 7) is 8.76. The predicted octanol–water partition coefficient (Wildman–Crippen LogP) is 3.34. The van der Waals surface area contributed by atoms with Crippen molar-refractivity contribution in [1.82, 2.24) is 25.5 Å². The van der Waals surface area contributed by atoms with E-state index in [0.29, 0.717) is 24.4 Å². The lowest BCUT2D eigenvalue weighted by molar-refractivity contribution is 0.0304. The number of aromatic nitrogens is 2. The van der Waals surface area contributed by atoms with Crippen molar-refractivity contribution >= 4 is 6.03 Å². The summed E-state index contributed by atoms with van der Waals surface area (Å²) in [5.74, 6) is 1.88. The van der Waals surface area contributed by atoms with E-state index in [4.69, 9.17) is 4.98 Å². The van der Waals surface area contributed by atoms with Crippen LogP contribution in [0.5, 0.6) is 0 Å². The normalized spacial score (nSPS) is 25.8. The second kappa shape index (κ2) is 8.49. The Morgan fingerprint density at radius 3 is 2.72 bits per heavy atom. The summed E-state index contributed by atoms with van der Waals surface area (Å²) in [6, 6.07) is 13.0. The number of rotatable bonds is 5. The minimum atomic E-state index is -0.0712. The number of nitrogens with zero attached hydrogens (tertiary/aromatic N) is 3. The Kier molecular flexibility index (Phi) is 5.81. The van der Waals surface area contributed by atoms with Gasteiger partial charge in [0.1, 0.15) is 5.82 Å². The van der Waals surface area contributed by atoms with Gasteiger partial charge in [-0.15, -0.1) is 0 Å². The number of hydrogen-bond donors (Lipinski definition) is 2. The standard InChI is InChI=1S/C23H31N5O/c1-15(2)25-23(29)24-13-19-11-18-9-10-28(19)14-20(18)22-12-21(26-16(3)27-22)17-7-5-4-6-8-17/h4-8,12,15,18-20H,9-11,13-14H2,1-3H3,(H2,24,25,29)/t18-,19+,20+/m0/s1.